The molecule has 11 nitrogen and oxygen atoms in total. The van der Waals surface area contributed by atoms with Gasteiger partial charge in [0.15, 0.2) is 0 Å². The zero-order valence-electron chi connectivity index (χ0n) is 22.4. The maximum absolute atomic E-state index is 13.2. The maximum Gasteiger partial charge on any atom is 0.410 e. The second kappa shape index (κ2) is 11.1. The van der Waals surface area contributed by atoms with E-state index in [1.165, 1.54) is 0 Å². The summed E-state index contributed by atoms with van der Waals surface area (Å²) in [6, 6.07) is 4.00. The van der Waals surface area contributed by atoms with E-state index in [0.29, 0.717) is 31.7 Å². The van der Waals surface area contributed by atoms with E-state index in [1.54, 1.807) is 23.1 Å². The molecule has 38 heavy (non-hydrogen) atoms. The van der Waals surface area contributed by atoms with E-state index >= 15 is 0 Å². The van der Waals surface area contributed by atoms with Crippen LogP contribution in [0.2, 0.25) is 0 Å². The van der Waals surface area contributed by atoms with E-state index < -0.39 is 35.3 Å². The van der Waals surface area contributed by atoms with Crippen molar-refractivity contribution in [1.82, 2.24) is 15.1 Å². The zero-order chi connectivity index (χ0) is 27.6. The van der Waals surface area contributed by atoms with Crippen LogP contribution < -0.4 is 10.6 Å². The number of piperidine rings is 2. The van der Waals surface area contributed by atoms with Crippen LogP contribution in [0.1, 0.15) is 80.5 Å². The molecule has 0 bridgehead atoms. The first kappa shape index (κ1) is 27.6. The van der Waals surface area contributed by atoms with Crippen LogP contribution in [0.5, 0.6) is 0 Å². The number of likely N-dealkylation sites (tertiary alicyclic amines) is 1. The van der Waals surface area contributed by atoms with Gasteiger partial charge in [-0.25, -0.2) is 4.79 Å². The summed E-state index contributed by atoms with van der Waals surface area (Å²) in [5.74, 6) is -2.11. The molecule has 11 heteroatoms. The largest absolute Gasteiger partial charge is 0.444 e. The topological polar surface area (TPSA) is 134 Å². The van der Waals surface area contributed by atoms with E-state index in [4.69, 9.17) is 9.47 Å². The normalized spacial score (nSPS) is 21.3. The molecule has 2 N–H and O–H groups in total. The fourth-order valence-corrected chi connectivity index (χ4v) is 4.97. The molecular weight excluding hydrogens is 492 g/mol. The highest BCUT2D eigenvalue weighted by molar-refractivity contribution is 6.25. The van der Waals surface area contributed by atoms with Gasteiger partial charge in [0.05, 0.1) is 23.3 Å². The molecule has 0 radical (unpaired) electrons. The van der Waals surface area contributed by atoms with Crippen LogP contribution in [-0.2, 0) is 19.1 Å². The molecule has 3 heterocycles. The lowest BCUT2D eigenvalue weighted by molar-refractivity contribution is -0.136. The second-order valence-electron chi connectivity index (χ2n) is 11.0. The van der Waals surface area contributed by atoms with Gasteiger partial charge >= 0.3 is 6.09 Å². The van der Waals surface area contributed by atoms with Gasteiger partial charge in [-0.15, -0.1) is 0 Å². The summed E-state index contributed by atoms with van der Waals surface area (Å²) in [4.78, 5) is 64.9. The Balaban J connectivity index is 1.27. The summed E-state index contributed by atoms with van der Waals surface area (Å²) in [5.41, 5.74) is 0.482. The SMILES string of the molecule is C[C@@H](CCNc1cccc2c1C(=O)N(C1CCC(=O)NC1=O)C2=O)OC1CCN(C(=O)OC(C)(C)C)CC1. The molecule has 3 aliphatic heterocycles. The van der Waals surface area contributed by atoms with Gasteiger partial charge < -0.3 is 19.7 Å². The Labute approximate surface area is 222 Å². The van der Waals surface area contributed by atoms with Crippen molar-refractivity contribution in [2.75, 3.05) is 25.0 Å². The molecule has 0 aliphatic carbocycles. The molecule has 2 atom stereocenters. The minimum absolute atomic E-state index is 0.0472. The Kier molecular flexibility index (Phi) is 8.05. The van der Waals surface area contributed by atoms with Crippen LogP contribution in [0.15, 0.2) is 18.2 Å². The number of ether oxygens (including phenoxy) is 2. The fraction of sp³-hybridized carbons (Fsp3) is 0.593. The van der Waals surface area contributed by atoms with Crippen LogP contribution in [0, 0.1) is 0 Å². The van der Waals surface area contributed by atoms with Crippen LogP contribution in [-0.4, -0.2) is 83.0 Å². The Morgan fingerprint density at radius 3 is 2.47 bits per heavy atom. The fourth-order valence-electron chi connectivity index (χ4n) is 4.97. The first-order valence-electron chi connectivity index (χ1n) is 13.2. The third kappa shape index (κ3) is 6.15. The quantitative estimate of drug-likeness (QED) is 0.516. The van der Waals surface area contributed by atoms with E-state index in [2.05, 4.69) is 10.6 Å². The summed E-state index contributed by atoms with van der Waals surface area (Å²) in [6.45, 7) is 9.21. The molecule has 206 valence electrons. The van der Waals surface area contributed by atoms with Crippen LogP contribution >= 0.6 is 0 Å². The zero-order valence-corrected chi connectivity index (χ0v) is 22.4. The van der Waals surface area contributed by atoms with Gasteiger partial charge in [-0.05, 0) is 65.5 Å². The first-order chi connectivity index (χ1) is 17.9. The van der Waals surface area contributed by atoms with Crippen molar-refractivity contribution in [3.63, 3.8) is 0 Å². The lowest BCUT2D eigenvalue weighted by atomic mass is 10.0. The number of nitrogens with one attached hydrogen (secondary N) is 2. The van der Waals surface area contributed by atoms with Gasteiger partial charge in [0.25, 0.3) is 11.8 Å². The molecule has 4 rings (SSSR count). The van der Waals surface area contributed by atoms with E-state index in [-0.39, 0.29) is 42.3 Å². The van der Waals surface area contributed by atoms with Crippen molar-refractivity contribution in [2.24, 2.45) is 0 Å². The number of fused-ring (bicyclic) bond motifs is 1. The third-order valence-corrected chi connectivity index (χ3v) is 6.85. The van der Waals surface area contributed by atoms with Crippen molar-refractivity contribution in [2.45, 2.75) is 83.6 Å². The molecule has 0 saturated carbocycles. The van der Waals surface area contributed by atoms with Gasteiger partial charge in [-0.3, -0.25) is 29.4 Å². The molecule has 1 unspecified atom stereocenters. The van der Waals surface area contributed by atoms with Crippen LogP contribution in [0.4, 0.5) is 10.5 Å². The minimum Gasteiger partial charge on any atom is -0.444 e. The average Bonchev–Trinajstić information content (AvgIpc) is 3.09. The molecule has 0 aromatic heterocycles. The highest BCUT2D eigenvalue weighted by atomic mass is 16.6. The Hall–Kier alpha value is -3.47. The molecule has 1 aromatic rings. The molecule has 3 aliphatic rings. The first-order valence-corrected chi connectivity index (χ1v) is 13.2. The standard InChI is InChI=1S/C27H36N4O7/c1-16(37-17-11-14-30(15-12-17)26(36)38-27(2,3)4)10-13-28-19-7-5-6-18-22(19)25(35)31(24(18)34)20-8-9-21(32)29-23(20)33/h5-7,16-17,20,28H,8-15H2,1-4H3,(H,29,32,33)/t16-,20?/m0/s1. The number of rotatable bonds is 7. The van der Waals surface area contributed by atoms with E-state index in [1.807, 2.05) is 27.7 Å². The number of nitrogens with zero attached hydrogens (tertiary/aromatic N) is 2. The summed E-state index contributed by atoms with van der Waals surface area (Å²) >= 11 is 0. The highest BCUT2D eigenvalue weighted by Gasteiger charge is 2.45. The maximum atomic E-state index is 13.2. The van der Waals surface area contributed by atoms with Gasteiger partial charge in [0.1, 0.15) is 11.6 Å². The van der Waals surface area contributed by atoms with Gasteiger partial charge in [0, 0.05) is 31.7 Å². The monoisotopic (exact) mass is 528 g/mol. The summed E-state index contributed by atoms with van der Waals surface area (Å²) in [5, 5.41) is 5.45. The predicted molar refractivity (Wildman–Crippen MR) is 138 cm³/mol. The molecule has 0 spiro atoms. The predicted octanol–water partition coefficient (Wildman–Crippen LogP) is 2.69. The number of carbonyl (C=O) groups excluding carboxylic acids is 5. The van der Waals surface area contributed by atoms with Gasteiger partial charge in [0.2, 0.25) is 11.8 Å². The van der Waals surface area contributed by atoms with Crippen LogP contribution in [0.3, 0.4) is 0 Å². The summed E-state index contributed by atoms with van der Waals surface area (Å²) in [6.07, 6.45) is 2.01. The molecular formula is C27H36N4O7. The average molecular weight is 529 g/mol. The molecule has 5 amide bonds. The minimum atomic E-state index is -0.997. The van der Waals surface area contributed by atoms with Gasteiger partial charge in [-0.2, -0.15) is 0 Å². The van der Waals surface area contributed by atoms with E-state index in [9.17, 15) is 24.0 Å². The van der Waals surface area contributed by atoms with Crippen molar-refractivity contribution in [1.29, 1.82) is 0 Å². The smallest absolute Gasteiger partial charge is 0.410 e. The summed E-state index contributed by atoms with van der Waals surface area (Å²) < 4.78 is 11.6. The lowest BCUT2D eigenvalue weighted by Crippen LogP contribution is -2.54. The third-order valence-electron chi connectivity index (χ3n) is 6.85. The summed E-state index contributed by atoms with van der Waals surface area (Å²) in [7, 11) is 0. The molecule has 1 aromatic carbocycles. The van der Waals surface area contributed by atoms with Crippen molar-refractivity contribution >= 4 is 35.4 Å². The Morgan fingerprint density at radius 1 is 1.11 bits per heavy atom. The van der Waals surface area contributed by atoms with Crippen molar-refractivity contribution in [3.05, 3.63) is 29.3 Å². The number of amides is 5. The molecule has 2 saturated heterocycles. The van der Waals surface area contributed by atoms with Crippen molar-refractivity contribution in [3.8, 4) is 0 Å². The van der Waals surface area contributed by atoms with Crippen molar-refractivity contribution < 1.29 is 33.4 Å². The number of imide groups is 2. The Bertz CT molecular complexity index is 1120. The number of benzene rings is 1. The molecule has 2 fully saturated rings. The number of anilines is 1. The lowest BCUT2D eigenvalue weighted by Gasteiger charge is -2.34. The number of hydrogen-bond acceptors (Lipinski definition) is 8. The van der Waals surface area contributed by atoms with Crippen LogP contribution in [0.25, 0.3) is 0 Å². The number of carbonyl (C=O) groups is 5. The highest BCUT2D eigenvalue weighted by Crippen LogP contribution is 2.32. The van der Waals surface area contributed by atoms with Gasteiger partial charge in [-0.1, -0.05) is 6.07 Å². The number of hydrogen-bond donors (Lipinski definition) is 2. The van der Waals surface area contributed by atoms with E-state index in [0.717, 1.165) is 17.7 Å². The Morgan fingerprint density at radius 2 is 1.82 bits per heavy atom. The second-order valence-corrected chi connectivity index (χ2v) is 11.0.